The minimum absolute atomic E-state index is 0.0275. The molecule has 4 rings (SSSR count). The van der Waals surface area contributed by atoms with Crippen LogP contribution in [0.25, 0.3) is 0 Å². The molecule has 29 heavy (non-hydrogen) atoms. The van der Waals surface area contributed by atoms with Crippen LogP contribution in [0.1, 0.15) is 25.8 Å². The van der Waals surface area contributed by atoms with Gasteiger partial charge in [-0.1, -0.05) is 44.2 Å². The zero-order valence-electron chi connectivity index (χ0n) is 16.8. The summed E-state index contributed by atoms with van der Waals surface area (Å²) in [5.74, 6) is -1.57. The highest BCUT2D eigenvalue weighted by atomic mass is 16.5. The molecule has 0 bridgehead atoms. The second-order valence-electron chi connectivity index (χ2n) is 9.04. The number of nitrogens with one attached hydrogen (secondary N) is 1. The van der Waals surface area contributed by atoms with Crippen LogP contribution < -0.4 is 5.32 Å². The van der Waals surface area contributed by atoms with Gasteiger partial charge in [-0.3, -0.25) is 9.59 Å². The molecule has 2 aliphatic heterocycles. The van der Waals surface area contributed by atoms with Crippen LogP contribution in [-0.4, -0.2) is 59.6 Å². The Morgan fingerprint density at radius 3 is 2.62 bits per heavy atom. The summed E-state index contributed by atoms with van der Waals surface area (Å²) in [6.07, 6.45) is 0.971. The minimum Gasteiger partial charge on any atom is -0.480 e. The molecule has 1 aromatic rings. The van der Waals surface area contributed by atoms with Gasteiger partial charge in [0.1, 0.15) is 12.1 Å². The van der Waals surface area contributed by atoms with Gasteiger partial charge in [0.15, 0.2) is 0 Å². The Morgan fingerprint density at radius 2 is 2.00 bits per heavy atom. The third-order valence-corrected chi connectivity index (χ3v) is 6.94. The molecule has 0 unspecified atom stereocenters. The number of ether oxygens (including phenoxy) is 1. The Hall–Kier alpha value is -2.41. The largest absolute Gasteiger partial charge is 0.480 e. The number of aliphatic carboxylic acids is 1. The zero-order chi connectivity index (χ0) is 20.8. The van der Waals surface area contributed by atoms with E-state index < -0.39 is 18.1 Å². The van der Waals surface area contributed by atoms with Crippen LogP contribution in [0.2, 0.25) is 0 Å². The van der Waals surface area contributed by atoms with Gasteiger partial charge in [0, 0.05) is 25.5 Å². The van der Waals surface area contributed by atoms with Crippen LogP contribution in [0.15, 0.2) is 30.3 Å². The summed E-state index contributed by atoms with van der Waals surface area (Å²) >= 11 is 0. The first-order valence-electron chi connectivity index (χ1n) is 10.3. The number of rotatable bonds is 6. The van der Waals surface area contributed by atoms with E-state index in [-0.39, 0.29) is 35.0 Å². The molecule has 1 aromatic carbocycles. The summed E-state index contributed by atoms with van der Waals surface area (Å²) in [5.41, 5.74) is 0.865. The quantitative estimate of drug-likeness (QED) is 0.751. The minimum atomic E-state index is -0.967. The zero-order valence-corrected chi connectivity index (χ0v) is 16.8. The molecule has 2 amide bonds. The smallest absolute Gasteiger partial charge is 0.326 e. The van der Waals surface area contributed by atoms with Crippen molar-refractivity contribution in [3.63, 3.8) is 0 Å². The summed E-state index contributed by atoms with van der Waals surface area (Å²) in [6.45, 7) is 5.45. The van der Waals surface area contributed by atoms with Crippen LogP contribution in [0.3, 0.4) is 0 Å². The highest BCUT2D eigenvalue weighted by Gasteiger charge is 2.69. The predicted octanol–water partition coefficient (Wildman–Crippen LogP) is 1.32. The van der Waals surface area contributed by atoms with Crippen molar-refractivity contribution in [2.45, 2.75) is 38.8 Å². The second-order valence-corrected chi connectivity index (χ2v) is 9.04. The Bertz CT molecular complexity index is 803. The fourth-order valence-corrected chi connectivity index (χ4v) is 5.08. The van der Waals surface area contributed by atoms with Gasteiger partial charge in [0.25, 0.3) is 0 Å². The lowest BCUT2D eigenvalue weighted by Gasteiger charge is -2.32. The molecule has 0 spiro atoms. The molecule has 2 heterocycles. The van der Waals surface area contributed by atoms with Crippen molar-refractivity contribution in [1.29, 1.82) is 0 Å². The number of fused-ring (bicyclic) bond motifs is 1. The fourth-order valence-electron chi connectivity index (χ4n) is 5.08. The summed E-state index contributed by atoms with van der Waals surface area (Å²) < 4.78 is 5.30. The Morgan fingerprint density at radius 1 is 1.28 bits per heavy atom. The second kappa shape index (κ2) is 7.44. The van der Waals surface area contributed by atoms with Crippen molar-refractivity contribution < 1.29 is 24.2 Å². The van der Waals surface area contributed by atoms with Crippen LogP contribution in [0, 0.1) is 23.2 Å². The van der Waals surface area contributed by atoms with Crippen LogP contribution in [-0.2, 0) is 25.5 Å². The molecule has 1 aliphatic carbocycles. The number of likely N-dealkylation sites (tertiary alicyclic amines) is 1. The number of piperidine rings is 1. The van der Waals surface area contributed by atoms with Crippen molar-refractivity contribution >= 4 is 17.8 Å². The maximum absolute atomic E-state index is 13.4. The molecule has 3 aliphatic rings. The normalized spacial score (nSPS) is 30.5. The monoisotopic (exact) mass is 400 g/mol. The Labute approximate surface area is 170 Å². The van der Waals surface area contributed by atoms with Gasteiger partial charge >= 0.3 is 5.97 Å². The summed E-state index contributed by atoms with van der Waals surface area (Å²) in [5, 5.41) is 12.7. The highest BCUT2D eigenvalue weighted by Crippen LogP contribution is 2.64. The van der Waals surface area contributed by atoms with Crippen molar-refractivity contribution in [1.82, 2.24) is 10.2 Å². The Balaban J connectivity index is 1.54. The number of nitrogens with zero attached hydrogens (tertiary/aromatic N) is 1. The molecule has 5 atom stereocenters. The molecule has 156 valence electrons. The highest BCUT2D eigenvalue weighted by molar-refractivity contribution is 5.92. The van der Waals surface area contributed by atoms with E-state index in [1.54, 1.807) is 0 Å². The van der Waals surface area contributed by atoms with E-state index >= 15 is 0 Å². The fraction of sp³-hybridized carbons (Fsp3) is 0.591. The first-order chi connectivity index (χ1) is 13.8. The molecule has 7 nitrogen and oxygen atoms in total. The third kappa shape index (κ3) is 3.64. The van der Waals surface area contributed by atoms with Crippen LogP contribution in [0.4, 0.5) is 0 Å². The van der Waals surface area contributed by atoms with Crippen LogP contribution in [0.5, 0.6) is 0 Å². The molecule has 2 N–H and O–H groups in total. The van der Waals surface area contributed by atoms with Gasteiger partial charge in [0.2, 0.25) is 11.8 Å². The number of hydrogen-bond donors (Lipinski definition) is 2. The number of amides is 2. The first-order valence-corrected chi connectivity index (χ1v) is 10.3. The molecule has 3 fully saturated rings. The van der Waals surface area contributed by atoms with E-state index in [2.05, 4.69) is 19.2 Å². The number of hydrogen-bond acceptors (Lipinski definition) is 4. The van der Waals surface area contributed by atoms with E-state index in [0.717, 1.165) is 5.56 Å². The predicted molar refractivity (Wildman–Crippen MR) is 105 cm³/mol. The van der Waals surface area contributed by atoms with E-state index in [1.165, 1.54) is 4.90 Å². The lowest BCUT2D eigenvalue weighted by molar-refractivity contribution is -0.151. The standard InChI is InChI=1S/C22H28N2O5/c1-22(2)15-11-24(18(17(15)22)21(27)28)20(26)16(10-13-6-4-3-5-7-13)23-19(25)14-8-9-29-12-14/h3-7,14-18H,8-12H2,1-2H3,(H,23,25)(H,27,28)/t14-,15+,16+,17+,18+/m1/s1. The van der Waals surface area contributed by atoms with Crippen molar-refractivity contribution in [3.05, 3.63) is 35.9 Å². The summed E-state index contributed by atoms with van der Waals surface area (Å²) in [6, 6.07) is 7.87. The number of carbonyl (C=O) groups excluding carboxylic acids is 2. The lowest BCUT2D eigenvalue weighted by atomic mass is 9.98. The molecule has 1 saturated carbocycles. The van der Waals surface area contributed by atoms with Gasteiger partial charge < -0.3 is 20.1 Å². The number of benzene rings is 1. The average molecular weight is 400 g/mol. The van der Waals surface area contributed by atoms with E-state index in [1.807, 2.05) is 30.3 Å². The summed E-state index contributed by atoms with van der Waals surface area (Å²) in [4.78, 5) is 39.5. The average Bonchev–Trinajstić information content (AvgIpc) is 3.17. The SMILES string of the molecule is CC1(C)[C@@H]2[C@@H](C(=O)O)N(C(=O)[C@H](Cc3ccccc3)NC(=O)[C@@H]3CCOC3)C[C@@H]21. The van der Waals surface area contributed by atoms with Gasteiger partial charge in [-0.25, -0.2) is 4.79 Å². The molecule has 7 heteroatoms. The maximum atomic E-state index is 13.4. The number of carboxylic acids is 1. The topological polar surface area (TPSA) is 95.9 Å². The lowest BCUT2D eigenvalue weighted by Crippen LogP contribution is -2.55. The van der Waals surface area contributed by atoms with Crippen molar-refractivity contribution in [2.75, 3.05) is 19.8 Å². The van der Waals surface area contributed by atoms with Crippen LogP contribution >= 0.6 is 0 Å². The van der Waals surface area contributed by atoms with E-state index in [4.69, 9.17) is 4.74 Å². The number of carbonyl (C=O) groups is 3. The van der Waals surface area contributed by atoms with Gasteiger partial charge in [-0.15, -0.1) is 0 Å². The molecule has 2 saturated heterocycles. The van der Waals surface area contributed by atoms with E-state index in [0.29, 0.717) is 32.6 Å². The molecule has 0 radical (unpaired) electrons. The van der Waals surface area contributed by atoms with Gasteiger partial charge in [-0.2, -0.15) is 0 Å². The summed E-state index contributed by atoms with van der Waals surface area (Å²) in [7, 11) is 0. The first kappa shape index (κ1) is 19.9. The third-order valence-electron chi connectivity index (χ3n) is 6.94. The molecule has 0 aromatic heterocycles. The Kier molecular flexibility index (Phi) is 5.11. The molecular formula is C22H28N2O5. The van der Waals surface area contributed by atoms with Crippen molar-refractivity contribution in [2.24, 2.45) is 23.2 Å². The number of carboxylic acid groups (broad SMARTS) is 1. The van der Waals surface area contributed by atoms with Crippen molar-refractivity contribution in [3.8, 4) is 0 Å². The van der Waals surface area contributed by atoms with Gasteiger partial charge in [0.05, 0.1) is 12.5 Å². The van der Waals surface area contributed by atoms with Gasteiger partial charge in [-0.05, 0) is 23.3 Å². The molecular weight excluding hydrogens is 372 g/mol. The maximum Gasteiger partial charge on any atom is 0.326 e. The van der Waals surface area contributed by atoms with E-state index in [9.17, 15) is 19.5 Å².